The molecule has 0 fully saturated rings. The summed E-state index contributed by atoms with van der Waals surface area (Å²) in [4.78, 5) is 10.8. The van der Waals surface area contributed by atoms with E-state index in [4.69, 9.17) is 9.84 Å². The third-order valence-electron chi connectivity index (χ3n) is 3.36. The van der Waals surface area contributed by atoms with Crippen molar-refractivity contribution in [3.05, 3.63) is 47.5 Å². The number of hydrogen-bond acceptors (Lipinski definition) is 5. The van der Waals surface area contributed by atoms with Crippen LogP contribution in [0.15, 0.2) is 41.3 Å². The molecule has 0 spiro atoms. The van der Waals surface area contributed by atoms with Crippen molar-refractivity contribution in [1.29, 1.82) is 0 Å². The van der Waals surface area contributed by atoms with Gasteiger partial charge >= 0.3 is 12.6 Å². The highest BCUT2D eigenvalue weighted by atomic mass is 32.2. The SMILES string of the molecule is COc1ccc(NS(=O)(=O)c2cc(C(=O)O)ccc2C)cc1OC(F)F. The maximum absolute atomic E-state index is 12.6. The number of aryl methyl sites for hydroxylation is 1. The van der Waals surface area contributed by atoms with E-state index < -0.39 is 22.6 Å². The highest BCUT2D eigenvalue weighted by molar-refractivity contribution is 7.92. The molecule has 2 aromatic rings. The van der Waals surface area contributed by atoms with Crippen molar-refractivity contribution in [3.63, 3.8) is 0 Å². The van der Waals surface area contributed by atoms with Gasteiger partial charge in [0, 0.05) is 6.07 Å². The van der Waals surface area contributed by atoms with E-state index in [-0.39, 0.29) is 27.6 Å². The van der Waals surface area contributed by atoms with E-state index >= 15 is 0 Å². The molecule has 140 valence electrons. The average Bonchev–Trinajstić information content (AvgIpc) is 2.54. The topological polar surface area (TPSA) is 102 Å². The molecule has 2 rings (SSSR count). The smallest absolute Gasteiger partial charge is 0.387 e. The van der Waals surface area contributed by atoms with Crippen LogP contribution in [0.4, 0.5) is 14.5 Å². The van der Waals surface area contributed by atoms with Gasteiger partial charge in [-0.2, -0.15) is 8.78 Å². The Morgan fingerprint density at radius 3 is 2.42 bits per heavy atom. The number of carbonyl (C=O) groups is 1. The van der Waals surface area contributed by atoms with Crippen molar-refractivity contribution in [2.75, 3.05) is 11.8 Å². The lowest BCUT2D eigenvalue weighted by atomic mass is 10.1. The first-order chi connectivity index (χ1) is 12.1. The number of alkyl halides is 2. The van der Waals surface area contributed by atoms with Crippen molar-refractivity contribution >= 4 is 21.7 Å². The molecular weight excluding hydrogens is 372 g/mol. The predicted molar refractivity (Wildman–Crippen MR) is 88.6 cm³/mol. The quantitative estimate of drug-likeness (QED) is 0.757. The van der Waals surface area contributed by atoms with Crippen LogP contribution in [-0.4, -0.2) is 33.2 Å². The van der Waals surface area contributed by atoms with E-state index in [1.54, 1.807) is 0 Å². The Bertz CT molecular complexity index is 930. The van der Waals surface area contributed by atoms with Crippen molar-refractivity contribution in [1.82, 2.24) is 0 Å². The van der Waals surface area contributed by atoms with E-state index in [1.807, 2.05) is 0 Å². The van der Waals surface area contributed by atoms with E-state index in [0.29, 0.717) is 5.56 Å². The summed E-state index contributed by atoms with van der Waals surface area (Å²) in [6, 6.07) is 7.25. The fraction of sp³-hybridized carbons (Fsp3) is 0.188. The molecule has 0 radical (unpaired) electrons. The van der Waals surface area contributed by atoms with Crippen LogP contribution < -0.4 is 14.2 Å². The van der Waals surface area contributed by atoms with Gasteiger partial charge in [-0.3, -0.25) is 4.72 Å². The molecule has 0 aliphatic rings. The number of hydrogen-bond donors (Lipinski definition) is 2. The highest BCUT2D eigenvalue weighted by Gasteiger charge is 2.20. The van der Waals surface area contributed by atoms with Gasteiger partial charge in [-0.05, 0) is 36.8 Å². The summed E-state index contributed by atoms with van der Waals surface area (Å²) in [7, 11) is -2.91. The number of nitrogens with one attached hydrogen (secondary N) is 1. The van der Waals surface area contributed by atoms with Crippen LogP contribution in [0.5, 0.6) is 11.5 Å². The molecule has 0 saturated heterocycles. The highest BCUT2D eigenvalue weighted by Crippen LogP contribution is 2.32. The number of carboxylic acid groups (broad SMARTS) is 1. The maximum Gasteiger partial charge on any atom is 0.387 e. The first kappa shape index (κ1) is 19.4. The van der Waals surface area contributed by atoms with E-state index in [0.717, 1.165) is 12.1 Å². The summed E-state index contributed by atoms with van der Waals surface area (Å²) < 4.78 is 61.4. The Morgan fingerprint density at radius 1 is 1.15 bits per heavy atom. The van der Waals surface area contributed by atoms with Crippen LogP contribution in [0.2, 0.25) is 0 Å². The van der Waals surface area contributed by atoms with Gasteiger partial charge in [0.1, 0.15) is 0 Å². The average molecular weight is 387 g/mol. The maximum atomic E-state index is 12.6. The first-order valence-corrected chi connectivity index (χ1v) is 8.62. The van der Waals surface area contributed by atoms with Crippen molar-refractivity contribution in [2.24, 2.45) is 0 Å². The molecule has 0 unspecified atom stereocenters. The van der Waals surface area contributed by atoms with Crippen LogP contribution in [0.3, 0.4) is 0 Å². The first-order valence-electron chi connectivity index (χ1n) is 7.13. The monoisotopic (exact) mass is 387 g/mol. The number of methoxy groups -OCH3 is 1. The molecule has 2 aromatic carbocycles. The second-order valence-electron chi connectivity index (χ2n) is 5.14. The lowest BCUT2D eigenvalue weighted by Gasteiger charge is -2.14. The fourth-order valence-electron chi connectivity index (χ4n) is 2.16. The molecule has 0 saturated carbocycles. The van der Waals surface area contributed by atoms with Gasteiger partial charge in [-0.1, -0.05) is 6.07 Å². The number of rotatable bonds is 7. The molecule has 0 atom stereocenters. The Balaban J connectivity index is 2.41. The summed E-state index contributed by atoms with van der Waals surface area (Å²) in [5.74, 6) is -1.63. The van der Waals surface area contributed by atoms with Crippen LogP contribution >= 0.6 is 0 Å². The summed E-state index contributed by atoms with van der Waals surface area (Å²) in [5, 5.41) is 9.02. The van der Waals surface area contributed by atoms with Crippen LogP contribution in [0.25, 0.3) is 0 Å². The van der Waals surface area contributed by atoms with Gasteiger partial charge < -0.3 is 14.6 Å². The number of carboxylic acids is 1. The number of benzene rings is 2. The van der Waals surface area contributed by atoms with E-state index in [9.17, 15) is 22.0 Å². The molecule has 10 heteroatoms. The van der Waals surface area contributed by atoms with Crippen molar-refractivity contribution in [2.45, 2.75) is 18.4 Å². The molecule has 0 aromatic heterocycles. The predicted octanol–water partition coefficient (Wildman–Crippen LogP) is 3.10. The second-order valence-corrected chi connectivity index (χ2v) is 6.79. The normalized spacial score (nSPS) is 11.3. The third kappa shape index (κ3) is 4.39. The van der Waals surface area contributed by atoms with Gasteiger partial charge in [0.2, 0.25) is 0 Å². The van der Waals surface area contributed by atoms with Gasteiger partial charge in [-0.25, -0.2) is 13.2 Å². The molecule has 26 heavy (non-hydrogen) atoms. The summed E-state index contributed by atoms with van der Waals surface area (Å²) >= 11 is 0. The Hall–Kier alpha value is -2.88. The minimum Gasteiger partial charge on any atom is -0.493 e. The number of aromatic carboxylic acids is 1. The molecule has 7 nitrogen and oxygen atoms in total. The summed E-state index contributed by atoms with van der Waals surface area (Å²) in [5.41, 5.74) is 0.0640. The standard InChI is InChI=1S/C16H15F2NO6S/c1-9-3-4-10(15(20)21)7-14(9)26(22,23)19-11-5-6-12(24-2)13(8-11)25-16(17)18/h3-8,16,19H,1-2H3,(H,20,21). The zero-order chi connectivity index (χ0) is 19.5. The second kappa shape index (κ2) is 7.56. The van der Waals surface area contributed by atoms with E-state index in [2.05, 4.69) is 9.46 Å². The molecule has 0 amide bonds. The van der Waals surface area contributed by atoms with Crippen LogP contribution in [0.1, 0.15) is 15.9 Å². The zero-order valence-corrected chi connectivity index (χ0v) is 14.5. The van der Waals surface area contributed by atoms with Gasteiger partial charge in [0.05, 0.1) is 23.3 Å². The molecule has 0 aliphatic heterocycles. The van der Waals surface area contributed by atoms with Crippen molar-refractivity contribution < 1.29 is 36.6 Å². The number of sulfonamides is 1. The number of halogens is 2. The lowest BCUT2D eigenvalue weighted by Crippen LogP contribution is -2.15. The van der Waals surface area contributed by atoms with E-state index in [1.165, 1.54) is 38.3 Å². The largest absolute Gasteiger partial charge is 0.493 e. The molecule has 0 heterocycles. The van der Waals surface area contributed by atoms with Crippen LogP contribution in [0, 0.1) is 6.92 Å². The van der Waals surface area contributed by atoms with Gasteiger partial charge in [0.25, 0.3) is 10.0 Å². The zero-order valence-electron chi connectivity index (χ0n) is 13.7. The minimum absolute atomic E-state index is 0.00250. The number of anilines is 1. The summed E-state index contributed by atoms with van der Waals surface area (Å²) in [6.07, 6.45) is 0. The lowest BCUT2D eigenvalue weighted by molar-refractivity contribution is -0.0511. The number of ether oxygens (including phenoxy) is 2. The Kier molecular flexibility index (Phi) is 5.66. The Labute approximate surface area is 148 Å². The van der Waals surface area contributed by atoms with Gasteiger partial charge in [-0.15, -0.1) is 0 Å². The Morgan fingerprint density at radius 2 is 1.85 bits per heavy atom. The minimum atomic E-state index is -4.16. The van der Waals surface area contributed by atoms with Crippen molar-refractivity contribution in [3.8, 4) is 11.5 Å². The van der Waals surface area contributed by atoms with Gasteiger partial charge in [0.15, 0.2) is 11.5 Å². The third-order valence-corrected chi connectivity index (χ3v) is 4.88. The molecular formula is C16H15F2NO6S. The summed E-state index contributed by atoms with van der Waals surface area (Å²) in [6.45, 7) is -1.62. The molecule has 2 N–H and O–H groups in total. The molecule has 0 aliphatic carbocycles. The van der Waals surface area contributed by atoms with Crippen LogP contribution in [-0.2, 0) is 10.0 Å². The fourth-order valence-corrected chi connectivity index (χ4v) is 3.48. The molecule has 0 bridgehead atoms.